The van der Waals surface area contributed by atoms with Gasteiger partial charge in [-0.25, -0.2) is 29.9 Å². The van der Waals surface area contributed by atoms with Gasteiger partial charge in [0.15, 0.2) is 22.9 Å². The zero-order valence-corrected chi connectivity index (χ0v) is 22.3. The number of hydrogen-bond donors (Lipinski definition) is 3. The minimum Gasteiger partial charge on any atom is -0.412 e. The highest BCUT2D eigenvalue weighted by Gasteiger charge is 2.41. The monoisotopic (exact) mass is 584 g/mol. The van der Waals surface area contributed by atoms with Gasteiger partial charge in [-0.15, -0.1) is 0 Å². The summed E-state index contributed by atoms with van der Waals surface area (Å²) in [5.41, 5.74) is 13.7. The number of imidazole rings is 2. The Morgan fingerprint density at radius 1 is 0.846 bits per heavy atom. The van der Waals surface area contributed by atoms with Gasteiger partial charge in [-0.3, -0.25) is 0 Å². The standard InChI is InChI=1S/C10H13N5O3P.C9H10N5O4P.H2O/c1-19(16)10-17-3-6(18-10)2-15-5-14-7-8(11)12-4-13-9(7)15;10-7-6-8(12-3-11-7)14(4-13-6)1-5-2-17-9(18-5)19(15)16;/h4-6,10H,2-3H2,1H3,(H2,11,12,13);3-5,9H,1-2H2,(H2-,10,11,12,15,16);1H2/q+1;;/p+1. The molecule has 6 unspecified atom stereocenters. The zero-order chi connectivity index (χ0) is 26.8. The zero-order valence-electron chi connectivity index (χ0n) is 20.5. The molecule has 20 heteroatoms. The third kappa shape index (κ3) is 6.29. The van der Waals surface area contributed by atoms with Crippen molar-refractivity contribution >= 4 is 49.8 Å². The predicted molar refractivity (Wildman–Crippen MR) is 136 cm³/mol. The number of nitrogen functional groups attached to an aromatic ring is 2. The number of fused-ring (bicyclic) bond motifs is 2. The molecule has 0 spiro atoms. The molecule has 4 aromatic rings. The van der Waals surface area contributed by atoms with E-state index in [1.54, 1.807) is 23.9 Å². The molecule has 2 fully saturated rings. The summed E-state index contributed by atoms with van der Waals surface area (Å²) in [5, 5.41) is 0. The lowest BCUT2D eigenvalue weighted by Gasteiger charge is -2.08. The molecule has 0 bridgehead atoms. The third-order valence-corrected chi connectivity index (χ3v) is 7.10. The number of rotatable bonds is 6. The van der Waals surface area contributed by atoms with Crippen LogP contribution in [-0.2, 0) is 41.2 Å². The van der Waals surface area contributed by atoms with E-state index < -0.39 is 27.9 Å². The first-order chi connectivity index (χ1) is 18.3. The molecule has 208 valence electrons. The first kappa shape index (κ1) is 28.7. The van der Waals surface area contributed by atoms with E-state index in [-0.39, 0.29) is 24.3 Å². The van der Waals surface area contributed by atoms with E-state index in [1.807, 2.05) is 4.57 Å². The van der Waals surface area contributed by atoms with Gasteiger partial charge in [-0.05, 0) is 4.57 Å². The molecule has 0 radical (unpaired) electrons. The van der Waals surface area contributed by atoms with Gasteiger partial charge in [0.05, 0.1) is 39.0 Å². The largest absolute Gasteiger partial charge is 0.569 e. The van der Waals surface area contributed by atoms with Gasteiger partial charge in [0, 0.05) is 0 Å². The Labute approximate surface area is 221 Å². The van der Waals surface area contributed by atoms with Gasteiger partial charge in [0.2, 0.25) is 0 Å². The first-order valence-corrected chi connectivity index (χ1v) is 14.3. The van der Waals surface area contributed by atoms with E-state index in [0.29, 0.717) is 53.7 Å². The average molecular weight is 584 g/mol. The Morgan fingerprint density at radius 2 is 1.31 bits per heavy atom. The fourth-order valence-corrected chi connectivity index (χ4v) is 5.00. The van der Waals surface area contributed by atoms with Gasteiger partial charge >= 0.3 is 27.9 Å². The Hall–Kier alpha value is -3.34. The van der Waals surface area contributed by atoms with Crippen LogP contribution in [0, 0.1) is 0 Å². The summed E-state index contributed by atoms with van der Waals surface area (Å²) in [6, 6.07) is -1.68. The van der Waals surface area contributed by atoms with Crippen molar-refractivity contribution in [2.45, 2.75) is 37.4 Å². The molecule has 0 saturated carbocycles. The number of nitrogens with zero attached hydrogens (tertiary/aromatic N) is 8. The molecule has 4 aromatic heterocycles. The van der Waals surface area contributed by atoms with E-state index in [2.05, 4.69) is 29.9 Å². The molecule has 6 heterocycles. The van der Waals surface area contributed by atoms with Crippen LogP contribution in [0.5, 0.6) is 0 Å². The lowest BCUT2D eigenvalue weighted by Crippen LogP contribution is -2.18. The quantitative estimate of drug-likeness (QED) is 0.243. The summed E-state index contributed by atoms with van der Waals surface area (Å²) in [5.74, 6) is 0.658. The molecule has 2 aliphatic rings. The SMILES string of the molecule is C[P+](=O)C1OCC(Cn2cnc3c(N)ncnc32)O1.Nc1ncnc2c1ncn2CC1COC([P+](=O)O)O1.O. The number of hydrogen-bond acceptors (Lipinski definition) is 14. The predicted octanol–water partition coefficient (Wildman–Crippen LogP) is -0.418. The first-order valence-electron chi connectivity index (χ1n) is 11.2. The van der Waals surface area contributed by atoms with Crippen molar-refractivity contribution in [1.82, 2.24) is 39.0 Å². The topological polar surface area (TPSA) is 262 Å². The van der Waals surface area contributed by atoms with Crippen molar-refractivity contribution in [2.24, 2.45) is 0 Å². The van der Waals surface area contributed by atoms with Gasteiger partial charge in [-0.1, -0.05) is 4.57 Å². The second-order valence-electron chi connectivity index (χ2n) is 8.30. The van der Waals surface area contributed by atoms with Gasteiger partial charge in [0.1, 0.15) is 42.6 Å². The maximum Gasteiger partial charge on any atom is 0.569 e. The van der Waals surface area contributed by atoms with Crippen molar-refractivity contribution in [3.63, 3.8) is 0 Å². The molecule has 6 rings (SSSR count). The fraction of sp³-hybridized carbons (Fsp3) is 0.474. The molecule has 2 aliphatic heterocycles. The highest BCUT2D eigenvalue weighted by atomic mass is 31.1. The van der Waals surface area contributed by atoms with Gasteiger partial charge < -0.3 is 45.0 Å². The molecule has 0 aromatic carbocycles. The minimum absolute atomic E-state index is 0. The summed E-state index contributed by atoms with van der Waals surface area (Å²) in [6.45, 7) is 3.16. The van der Waals surface area contributed by atoms with Gasteiger partial charge in [0.25, 0.3) is 0 Å². The van der Waals surface area contributed by atoms with Crippen LogP contribution in [0.2, 0.25) is 0 Å². The van der Waals surface area contributed by atoms with Crippen LogP contribution in [0.1, 0.15) is 0 Å². The molecule has 0 aliphatic carbocycles. The van der Waals surface area contributed by atoms with E-state index in [1.165, 1.54) is 12.7 Å². The molecular formula is C19H26N10O8P2+2. The third-order valence-electron chi connectivity index (χ3n) is 5.60. The summed E-state index contributed by atoms with van der Waals surface area (Å²) in [4.78, 5) is 33.2. The van der Waals surface area contributed by atoms with Crippen molar-refractivity contribution in [1.29, 1.82) is 0 Å². The Balaban J connectivity index is 0.000000176. The summed E-state index contributed by atoms with van der Waals surface area (Å²) in [7, 11) is -3.99. The highest BCUT2D eigenvalue weighted by molar-refractivity contribution is 7.44. The van der Waals surface area contributed by atoms with Crippen molar-refractivity contribution in [3.05, 3.63) is 25.3 Å². The Bertz CT molecular complexity index is 1380. The molecule has 39 heavy (non-hydrogen) atoms. The van der Waals surface area contributed by atoms with Crippen LogP contribution in [-0.4, -0.2) is 93.6 Å². The van der Waals surface area contributed by atoms with Crippen LogP contribution >= 0.6 is 15.8 Å². The second-order valence-corrected chi connectivity index (χ2v) is 10.8. The molecule has 18 nitrogen and oxygen atoms in total. The second kappa shape index (κ2) is 12.2. The van der Waals surface area contributed by atoms with Crippen molar-refractivity contribution in [3.8, 4) is 0 Å². The smallest absolute Gasteiger partial charge is 0.412 e. The van der Waals surface area contributed by atoms with Crippen molar-refractivity contribution in [2.75, 3.05) is 31.3 Å². The van der Waals surface area contributed by atoms with Crippen molar-refractivity contribution < 1.29 is 38.4 Å². The van der Waals surface area contributed by atoms with Gasteiger partial charge in [-0.2, -0.15) is 4.89 Å². The van der Waals surface area contributed by atoms with E-state index in [9.17, 15) is 9.13 Å². The maximum absolute atomic E-state index is 11.3. The summed E-state index contributed by atoms with van der Waals surface area (Å²) >= 11 is 0. The highest BCUT2D eigenvalue weighted by Crippen LogP contribution is 2.32. The molecule has 0 amide bonds. The van der Waals surface area contributed by atoms with Crippen LogP contribution in [0.15, 0.2) is 25.3 Å². The maximum atomic E-state index is 11.3. The van der Waals surface area contributed by atoms with Crippen LogP contribution in [0.25, 0.3) is 22.3 Å². The fourth-order valence-electron chi connectivity index (χ4n) is 3.87. The minimum atomic E-state index is -2.50. The molecule has 2 saturated heterocycles. The molecular weight excluding hydrogens is 558 g/mol. The van der Waals surface area contributed by atoms with E-state index in [0.717, 1.165) is 0 Å². The van der Waals surface area contributed by atoms with Crippen LogP contribution in [0.4, 0.5) is 11.6 Å². The average Bonchev–Trinajstić information content (AvgIpc) is 3.68. The number of anilines is 2. The van der Waals surface area contributed by atoms with Crippen LogP contribution < -0.4 is 11.5 Å². The Morgan fingerprint density at radius 3 is 1.72 bits per heavy atom. The van der Waals surface area contributed by atoms with E-state index in [4.69, 9.17) is 35.3 Å². The normalized spacial score (nSPS) is 23.3. The summed E-state index contributed by atoms with van der Waals surface area (Å²) < 4.78 is 46.9. The Kier molecular flexibility index (Phi) is 8.99. The van der Waals surface area contributed by atoms with E-state index >= 15 is 0 Å². The molecule has 6 atom stereocenters. The lowest BCUT2D eigenvalue weighted by molar-refractivity contribution is -0.00161. The van der Waals surface area contributed by atoms with Crippen LogP contribution in [0.3, 0.4) is 0 Å². The summed E-state index contributed by atoms with van der Waals surface area (Å²) in [6.07, 6.45) is 5.47. The molecule has 7 N–H and O–H groups in total. The number of ether oxygens (including phenoxy) is 4. The number of nitrogens with two attached hydrogens (primary N) is 2. The number of aromatic nitrogens is 8. The lowest BCUT2D eigenvalue weighted by atomic mass is 10.4.